The predicted molar refractivity (Wildman–Crippen MR) is 111 cm³/mol. The number of esters is 1. The second-order valence-electron chi connectivity index (χ2n) is 9.05. The molecule has 11 nitrogen and oxygen atoms in total. The van der Waals surface area contributed by atoms with Gasteiger partial charge < -0.3 is 33.5 Å². The largest absolute Gasteiger partial charge is 0.429 e. The smallest absolute Gasteiger partial charge is 0.338 e. The fourth-order valence-corrected chi connectivity index (χ4v) is 4.23. The van der Waals surface area contributed by atoms with Gasteiger partial charge in [-0.1, -0.05) is 18.7 Å². The number of nitro benzene ring substituents is 1. The molecule has 1 N–H and O–H groups in total. The van der Waals surface area contributed by atoms with E-state index in [-0.39, 0.29) is 23.4 Å². The number of benzene rings is 1. The second-order valence-corrected chi connectivity index (χ2v) is 9.05. The first-order chi connectivity index (χ1) is 15.4. The number of carbonyl (C=O) groups excluding carboxylic acids is 1. The first kappa shape index (κ1) is 23.7. The van der Waals surface area contributed by atoms with Crippen molar-refractivity contribution in [3.05, 3.63) is 52.1 Å². The second kappa shape index (κ2) is 8.42. The van der Waals surface area contributed by atoms with Crippen LogP contribution in [0.25, 0.3) is 0 Å². The number of fused-ring (bicyclic) bond motifs is 1. The number of hydrogen-bond donors (Lipinski definition) is 1. The summed E-state index contributed by atoms with van der Waals surface area (Å²) in [7, 11) is 0. The van der Waals surface area contributed by atoms with Crippen molar-refractivity contribution in [1.29, 1.82) is 0 Å². The maximum Gasteiger partial charge on any atom is 0.338 e. The summed E-state index contributed by atoms with van der Waals surface area (Å²) in [5, 5.41) is 21.8. The summed E-state index contributed by atoms with van der Waals surface area (Å²) in [6.07, 6.45) is -5.27. The van der Waals surface area contributed by atoms with Crippen molar-refractivity contribution in [2.45, 2.75) is 76.1 Å². The maximum absolute atomic E-state index is 12.8. The van der Waals surface area contributed by atoms with Crippen molar-refractivity contribution in [3.8, 4) is 0 Å². The van der Waals surface area contributed by atoms with Crippen LogP contribution in [0.3, 0.4) is 0 Å². The summed E-state index contributed by atoms with van der Waals surface area (Å²) in [5.74, 6) is -2.73. The number of ether oxygens (including phenoxy) is 6. The lowest BCUT2D eigenvalue weighted by atomic mass is 10.0. The molecule has 0 bridgehead atoms. The zero-order chi connectivity index (χ0) is 24.1. The van der Waals surface area contributed by atoms with Crippen LogP contribution in [0.1, 0.15) is 39.4 Å². The Morgan fingerprint density at radius 2 is 1.82 bits per heavy atom. The molecule has 0 aromatic heterocycles. The number of rotatable bonds is 6. The van der Waals surface area contributed by atoms with Crippen molar-refractivity contribution in [2.75, 3.05) is 6.61 Å². The number of hydrogen-bond acceptors (Lipinski definition) is 10. The molecule has 0 aliphatic carbocycles. The highest BCUT2D eigenvalue weighted by molar-refractivity contribution is 5.89. The van der Waals surface area contributed by atoms with Crippen LogP contribution in [0.5, 0.6) is 0 Å². The third-order valence-corrected chi connectivity index (χ3v) is 5.69. The van der Waals surface area contributed by atoms with Gasteiger partial charge in [0.15, 0.2) is 17.7 Å². The minimum absolute atomic E-state index is 0.0761. The number of aliphatic hydroxyl groups is 1. The van der Waals surface area contributed by atoms with Gasteiger partial charge in [0.2, 0.25) is 6.29 Å². The van der Waals surface area contributed by atoms with Crippen LogP contribution in [-0.2, 0) is 33.2 Å². The third kappa shape index (κ3) is 4.65. The van der Waals surface area contributed by atoms with Crippen LogP contribution in [0.4, 0.5) is 5.69 Å². The van der Waals surface area contributed by atoms with E-state index >= 15 is 0 Å². The van der Waals surface area contributed by atoms with Crippen molar-refractivity contribution in [3.63, 3.8) is 0 Å². The average molecular weight is 465 g/mol. The van der Waals surface area contributed by atoms with E-state index in [0.29, 0.717) is 0 Å². The third-order valence-electron chi connectivity index (χ3n) is 5.69. The van der Waals surface area contributed by atoms with Gasteiger partial charge in [0.05, 0.1) is 22.7 Å². The van der Waals surface area contributed by atoms with Crippen molar-refractivity contribution >= 4 is 11.7 Å². The molecule has 11 heteroatoms. The summed E-state index contributed by atoms with van der Waals surface area (Å²) in [6, 6.07) is 5.53. The van der Waals surface area contributed by atoms with Gasteiger partial charge in [-0.2, -0.15) is 0 Å². The van der Waals surface area contributed by atoms with Crippen molar-refractivity contribution < 1.29 is 43.2 Å². The molecule has 0 amide bonds. The summed E-state index contributed by atoms with van der Waals surface area (Å²) in [4.78, 5) is 23.4. The molecule has 1 aromatic carbocycles. The van der Waals surface area contributed by atoms with E-state index in [9.17, 15) is 20.0 Å². The van der Waals surface area contributed by atoms with E-state index in [1.807, 2.05) is 0 Å². The Labute approximate surface area is 190 Å². The SMILES string of the molecule is C=C(C(=O)O[C@H]1O[C@H]([C@H]2COC(C)(C)O2)[C@@H]2OC(C)(C)O[C@H]12)[C@H](O)c1ccccc1[N+](=O)[O-]. The highest BCUT2D eigenvalue weighted by Gasteiger charge is 2.60. The van der Waals surface area contributed by atoms with Crippen LogP contribution in [0.2, 0.25) is 0 Å². The standard InChI is InChI=1S/C22H27NO10/c1-11(15(24)12-8-6-7-9-13(12)23(26)27)19(25)30-20-18-17(32-22(4,5)33-18)16(29-20)14-10-28-21(2,3)31-14/h6-9,14-18,20,24H,1,10H2,2-5H3/t14-,15+,16-,17+,18+,20-/m1/s1. The molecule has 3 saturated heterocycles. The van der Waals surface area contributed by atoms with E-state index in [1.165, 1.54) is 24.3 Å². The van der Waals surface area contributed by atoms with Crippen LogP contribution in [0, 0.1) is 10.1 Å². The monoisotopic (exact) mass is 465 g/mol. The molecule has 0 saturated carbocycles. The lowest BCUT2D eigenvalue weighted by molar-refractivity contribution is -0.386. The van der Waals surface area contributed by atoms with Crippen LogP contribution >= 0.6 is 0 Å². The Morgan fingerprint density at radius 3 is 2.45 bits per heavy atom. The molecule has 0 unspecified atom stereocenters. The molecular formula is C22H27NO10. The van der Waals surface area contributed by atoms with Crippen LogP contribution in [0.15, 0.2) is 36.4 Å². The van der Waals surface area contributed by atoms with Gasteiger partial charge in [0, 0.05) is 6.07 Å². The van der Waals surface area contributed by atoms with Crippen molar-refractivity contribution in [2.24, 2.45) is 0 Å². The molecule has 0 spiro atoms. The molecule has 3 aliphatic rings. The summed E-state index contributed by atoms with van der Waals surface area (Å²) >= 11 is 0. The number of nitrogens with zero attached hydrogens (tertiary/aromatic N) is 1. The predicted octanol–water partition coefficient (Wildman–Crippen LogP) is 2.12. The minimum atomic E-state index is -1.64. The Kier molecular flexibility index (Phi) is 6.06. The van der Waals surface area contributed by atoms with E-state index in [0.717, 1.165) is 0 Å². The number of para-hydroxylation sites is 1. The van der Waals surface area contributed by atoms with E-state index in [1.54, 1.807) is 27.7 Å². The fourth-order valence-electron chi connectivity index (χ4n) is 4.23. The molecule has 180 valence electrons. The first-order valence-electron chi connectivity index (χ1n) is 10.5. The lowest BCUT2D eigenvalue weighted by Crippen LogP contribution is -2.40. The number of aliphatic hydroxyl groups excluding tert-OH is 1. The van der Waals surface area contributed by atoms with Gasteiger partial charge >= 0.3 is 5.97 Å². The highest BCUT2D eigenvalue weighted by Crippen LogP contribution is 2.43. The zero-order valence-electron chi connectivity index (χ0n) is 18.8. The maximum atomic E-state index is 12.8. The Balaban J connectivity index is 1.49. The van der Waals surface area contributed by atoms with Crippen molar-refractivity contribution in [1.82, 2.24) is 0 Å². The molecule has 4 rings (SSSR count). The quantitative estimate of drug-likeness (QED) is 0.288. The van der Waals surface area contributed by atoms with E-state index in [4.69, 9.17) is 28.4 Å². The van der Waals surface area contributed by atoms with Gasteiger partial charge in [-0.3, -0.25) is 10.1 Å². The molecule has 6 atom stereocenters. The lowest BCUT2D eigenvalue weighted by Gasteiger charge is -2.27. The summed E-state index contributed by atoms with van der Waals surface area (Å²) in [5.41, 5.74) is -0.799. The number of nitro groups is 1. The van der Waals surface area contributed by atoms with E-state index in [2.05, 4.69) is 6.58 Å². The Hall–Kier alpha value is -2.41. The van der Waals surface area contributed by atoms with Gasteiger partial charge in [-0.25, -0.2) is 4.79 Å². The van der Waals surface area contributed by atoms with Gasteiger partial charge in [-0.15, -0.1) is 0 Å². The van der Waals surface area contributed by atoms with Gasteiger partial charge in [0.25, 0.3) is 5.69 Å². The van der Waals surface area contributed by atoms with Crippen LogP contribution in [-0.4, -0.2) is 64.9 Å². The minimum Gasteiger partial charge on any atom is -0.429 e. The molecule has 0 radical (unpaired) electrons. The molecule has 3 aliphatic heterocycles. The average Bonchev–Trinajstić information content (AvgIpc) is 3.37. The molecule has 3 fully saturated rings. The zero-order valence-corrected chi connectivity index (χ0v) is 18.8. The topological polar surface area (TPSA) is 136 Å². The molecule has 33 heavy (non-hydrogen) atoms. The Bertz CT molecular complexity index is 960. The van der Waals surface area contributed by atoms with E-state index < -0.39 is 59.3 Å². The normalized spacial score (nSPS) is 32.8. The number of carbonyl (C=O) groups is 1. The highest BCUT2D eigenvalue weighted by atomic mass is 16.8. The molecular weight excluding hydrogens is 438 g/mol. The summed E-state index contributed by atoms with van der Waals surface area (Å²) < 4.78 is 34.8. The first-order valence-corrected chi connectivity index (χ1v) is 10.5. The van der Waals surface area contributed by atoms with Gasteiger partial charge in [0.1, 0.15) is 24.4 Å². The molecule has 1 aromatic rings. The van der Waals surface area contributed by atoms with Crippen LogP contribution < -0.4 is 0 Å². The molecule has 3 heterocycles. The van der Waals surface area contributed by atoms with Gasteiger partial charge in [-0.05, 0) is 33.8 Å². The summed E-state index contributed by atoms with van der Waals surface area (Å²) in [6.45, 7) is 10.9. The Morgan fingerprint density at radius 1 is 1.15 bits per heavy atom. The fraction of sp³-hybridized carbons (Fsp3) is 0.591.